The Morgan fingerprint density at radius 1 is 1.04 bits per heavy atom. The van der Waals surface area contributed by atoms with Crippen molar-refractivity contribution in [1.29, 1.82) is 0 Å². The number of hydrogen-bond donors (Lipinski definition) is 3. The first-order valence-electron chi connectivity index (χ1n) is 8.21. The van der Waals surface area contributed by atoms with Gasteiger partial charge >= 0.3 is 6.03 Å². The van der Waals surface area contributed by atoms with Crippen LogP contribution in [0.3, 0.4) is 0 Å². The standard InChI is InChI=1S/C19H17ClN4O3S/c1-11-16(17(25)22-13-9-7-12(20)8-10-13)28-19(21-11)24-18(26)23-14-5-3-4-6-15(14)27-2/h3-10H,1-2H3,(H,22,25)(H2,21,23,24,26). The number of hydrogen-bond acceptors (Lipinski definition) is 5. The third kappa shape index (κ3) is 4.79. The van der Waals surface area contributed by atoms with E-state index in [1.807, 2.05) is 0 Å². The van der Waals surface area contributed by atoms with Crippen LogP contribution in [0.4, 0.5) is 21.3 Å². The fourth-order valence-corrected chi connectivity index (χ4v) is 3.36. The summed E-state index contributed by atoms with van der Waals surface area (Å²) in [4.78, 5) is 29.4. The molecule has 3 rings (SSSR count). The second kappa shape index (κ2) is 8.73. The van der Waals surface area contributed by atoms with Crippen molar-refractivity contribution in [2.45, 2.75) is 6.92 Å². The lowest BCUT2D eigenvalue weighted by atomic mass is 10.3. The smallest absolute Gasteiger partial charge is 0.325 e. The predicted molar refractivity (Wildman–Crippen MR) is 112 cm³/mol. The van der Waals surface area contributed by atoms with Crippen molar-refractivity contribution in [2.75, 3.05) is 23.1 Å². The molecule has 0 aliphatic heterocycles. The maximum absolute atomic E-state index is 12.5. The third-order valence-electron chi connectivity index (χ3n) is 3.68. The average Bonchev–Trinajstić information content (AvgIpc) is 3.04. The number of halogens is 1. The first kappa shape index (κ1) is 19.7. The van der Waals surface area contributed by atoms with Crippen LogP contribution in [0.5, 0.6) is 5.75 Å². The number of nitrogens with one attached hydrogen (secondary N) is 3. The minimum atomic E-state index is -0.483. The predicted octanol–water partition coefficient (Wildman–Crippen LogP) is 5.01. The highest BCUT2D eigenvalue weighted by molar-refractivity contribution is 7.17. The van der Waals surface area contributed by atoms with E-state index in [-0.39, 0.29) is 5.91 Å². The molecule has 144 valence electrons. The molecule has 0 spiro atoms. The molecule has 0 fully saturated rings. The van der Waals surface area contributed by atoms with Crippen molar-refractivity contribution < 1.29 is 14.3 Å². The van der Waals surface area contributed by atoms with Crippen LogP contribution in [-0.2, 0) is 0 Å². The Labute approximate surface area is 170 Å². The van der Waals surface area contributed by atoms with Gasteiger partial charge in [0.15, 0.2) is 5.13 Å². The van der Waals surface area contributed by atoms with Gasteiger partial charge < -0.3 is 15.4 Å². The van der Waals surface area contributed by atoms with E-state index in [2.05, 4.69) is 20.9 Å². The van der Waals surface area contributed by atoms with E-state index in [9.17, 15) is 9.59 Å². The summed E-state index contributed by atoms with van der Waals surface area (Å²) < 4.78 is 5.20. The molecule has 3 aromatic rings. The SMILES string of the molecule is COc1ccccc1NC(=O)Nc1nc(C)c(C(=O)Nc2ccc(Cl)cc2)s1. The lowest BCUT2D eigenvalue weighted by Crippen LogP contribution is -2.19. The zero-order chi connectivity index (χ0) is 20.1. The first-order valence-corrected chi connectivity index (χ1v) is 9.41. The fraction of sp³-hybridized carbons (Fsp3) is 0.105. The number of amides is 3. The number of nitrogens with zero attached hydrogens (tertiary/aromatic N) is 1. The largest absolute Gasteiger partial charge is 0.495 e. The minimum Gasteiger partial charge on any atom is -0.495 e. The van der Waals surface area contributed by atoms with Gasteiger partial charge in [0.1, 0.15) is 10.6 Å². The average molecular weight is 417 g/mol. The lowest BCUT2D eigenvalue weighted by molar-refractivity contribution is 0.103. The van der Waals surface area contributed by atoms with Crippen molar-refractivity contribution in [1.82, 2.24) is 4.98 Å². The van der Waals surface area contributed by atoms with Crippen molar-refractivity contribution in [3.05, 3.63) is 64.1 Å². The van der Waals surface area contributed by atoms with Crippen LogP contribution >= 0.6 is 22.9 Å². The van der Waals surface area contributed by atoms with E-state index < -0.39 is 6.03 Å². The molecule has 3 amide bonds. The summed E-state index contributed by atoms with van der Waals surface area (Å²) >= 11 is 6.93. The Morgan fingerprint density at radius 2 is 1.75 bits per heavy atom. The number of urea groups is 1. The number of rotatable bonds is 5. The van der Waals surface area contributed by atoms with Crippen molar-refractivity contribution in [3.8, 4) is 5.75 Å². The summed E-state index contributed by atoms with van der Waals surface area (Å²) in [5.41, 5.74) is 1.66. The molecule has 9 heteroatoms. The van der Waals surface area contributed by atoms with Gasteiger partial charge in [-0.3, -0.25) is 10.1 Å². The van der Waals surface area contributed by atoms with Crippen LogP contribution in [-0.4, -0.2) is 24.0 Å². The number of benzene rings is 2. The number of para-hydroxylation sites is 2. The quantitative estimate of drug-likeness (QED) is 0.545. The Bertz CT molecular complexity index is 1000. The van der Waals surface area contributed by atoms with Crippen LogP contribution in [0.1, 0.15) is 15.4 Å². The maximum Gasteiger partial charge on any atom is 0.325 e. The molecule has 0 aliphatic carbocycles. The highest BCUT2D eigenvalue weighted by atomic mass is 35.5. The summed E-state index contributed by atoms with van der Waals surface area (Å²) in [7, 11) is 1.52. The summed E-state index contributed by atoms with van der Waals surface area (Å²) in [6.07, 6.45) is 0. The first-order chi connectivity index (χ1) is 13.5. The van der Waals surface area contributed by atoms with Crippen molar-refractivity contribution >= 4 is 51.4 Å². The molecule has 1 heterocycles. The normalized spacial score (nSPS) is 10.2. The Kier molecular flexibility index (Phi) is 6.13. The van der Waals surface area contributed by atoms with Crippen molar-refractivity contribution in [2.24, 2.45) is 0 Å². The number of aromatic nitrogens is 1. The number of carbonyl (C=O) groups excluding carboxylic acids is 2. The second-order valence-electron chi connectivity index (χ2n) is 5.67. The second-order valence-corrected chi connectivity index (χ2v) is 7.11. The molecule has 0 bridgehead atoms. The fourth-order valence-electron chi connectivity index (χ4n) is 2.38. The van der Waals surface area contributed by atoms with E-state index in [4.69, 9.17) is 16.3 Å². The molecule has 7 nitrogen and oxygen atoms in total. The minimum absolute atomic E-state index is 0.310. The molecular weight excluding hydrogens is 400 g/mol. The number of ether oxygens (including phenoxy) is 1. The van der Waals surface area contributed by atoms with E-state index in [0.717, 1.165) is 11.3 Å². The molecule has 0 saturated carbocycles. The van der Waals surface area contributed by atoms with E-state index in [0.29, 0.717) is 37.8 Å². The Balaban J connectivity index is 1.67. The maximum atomic E-state index is 12.5. The number of anilines is 3. The van der Waals surface area contributed by atoms with Gasteiger partial charge in [0.25, 0.3) is 5.91 Å². The van der Waals surface area contributed by atoms with Crippen LogP contribution in [0.15, 0.2) is 48.5 Å². The van der Waals surface area contributed by atoms with Gasteiger partial charge in [-0.25, -0.2) is 9.78 Å². The molecule has 0 saturated heterocycles. The number of aryl methyl sites for hydroxylation is 1. The molecule has 2 aromatic carbocycles. The highest BCUT2D eigenvalue weighted by Gasteiger charge is 2.17. The van der Waals surface area contributed by atoms with Crippen LogP contribution in [0.25, 0.3) is 0 Å². The Hall–Kier alpha value is -3.10. The van der Waals surface area contributed by atoms with Gasteiger partial charge in [0.05, 0.1) is 18.5 Å². The Morgan fingerprint density at radius 3 is 2.46 bits per heavy atom. The summed E-state index contributed by atoms with van der Waals surface area (Å²) in [6, 6.07) is 13.3. The van der Waals surface area contributed by atoms with Crippen LogP contribution in [0.2, 0.25) is 5.02 Å². The van der Waals surface area contributed by atoms with Crippen LogP contribution < -0.4 is 20.7 Å². The monoisotopic (exact) mass is 416 g/mol. The van der Waals surface area contributed by atoms with Gasteiger partial charge in [-0.05, 0) is 43.3 Å². The molecule has 0 atom stereocenters. The van der Waals surface area contributed by atoms with Gasteiger partial charge in [-0.2, -0.15) is 0 Å². The molecule has 0 unspecified atom stereocenters. The van der Waals surface area contributed by atoms with Gasteiger partial charge in [-0.15, -0.1) is 0 Å². The molecule has 0 aliphatic rings. The zero-order valence-electron chi connectivity index (χ0n) is 15.1. The highest BCUT2D eigenvalue weighted by Crippen LogP contribution is 2.26. The van der Waals surface area contributed by atoms with Crippen molar-refractivity contribution in [3.63, 3.8) is 0 Å². The molecular formula is C19H17ClN4O3S. The van der Waals surface area contributed by atoms with E-state index in [1.54, 1.807) is 55.5 Å². The topological polar surface area (TPSA) is 92.3 Å². The molecule has 28 heavy (non-hydrogen) atoms. The van der Waals surface area contributed by atoms with Crippen LogP contribution in [0, 0.1) is 6.92 Å². The van der Waals surface area contributed by atoms with Gasteiger partial charge in [-0.1, -0.05) is 35.1 Å². The summed E-state index contributed by atoms with van der Waals surface area (Å²) in [5.74, 6) is 0.228. The zero-order valence-corrected chi connectivity index (χ0v) is 16.6. The summed E-state index contributed by atoms with van der Waals surface area (Å²) in [6.45, 7) is 1.70. The molecule has 0 radical (unpaired) electrons. The molecule has 1 aromatic heterocycles. The third-order valence-corrected chi connectivity index (χ3v) is 5.00. The van der Waals surface area contributed by atoms with Gasteiger partial charge in [0, 0.05) is 10.7 Å². The lowest BCUT2D eigenvalue weighted by Gasteiger charge is -2.09. The summed E-state index contributed by atoms with van der Waals surface area (Å²) in [5, 5.41) is 9.00. The molecule has 3 N–H and O–H groups in total. The van der Waals surface area contributed by atoms with Gasteiger partial charge in [0.2, 0.25) is 0 Å². The van der Waals surface area contributed by atoms with E-state index in [1.165, 1.54) is 7.11 Å². The number of methoxy groups -OCH3 is 1. The number of thiazole rings is 1. The number of carbonyl (C=O) groups is 2. The van der Waals surface area contributed by atoms with E-state index >= 15 is 0 Å².